The van der Waals surface area contributed by atoms with Crippen LogP contribution in [0.5, 0.6) is 0 Å². The van der Waals surface area contributed by atoms with Crippen LogP contribution in [0.2, 0.25) is 0 Å². The first-order valence-electron chi connectivity index (χ1n) is 7.14. The van der Waals surface area contributed by atoms with E-state index in [1.807, 2.05) is 37.3 Å². The number of hydrogen-bond donors (Lipinski definition) is 2. The van der Waals surface area contributed by atoms with Crippen LogP contribution in [-0.2, 0) is 20.9 Å². The van der Waals surface area contributed by atoms with E-state index in [9.17, 15) is 9.59 Å². The molecule has 0 radical (unpaired) electrons. The predicted octanol–water partition coefficient (Wildman–Crippen LogP) is 2.21. The fourth-order valence-electron chi connectivity index (χ4n) is 1.82. The third-order valence-corrected chi connectivity index (χ3v) is 3.49. The van der Waals surface area contributed by atoms with Gasteiger partial charge in [-0.15, -0.1) is 0 Å². The molecule has 0 aliphatic rings. The Balaban J connectivity index is 2.51. The normalized spacial score (nSPS) is 15.0. The van der Waals surface area contributed by atoms with Gasteiger partial charge in [-0.25, -0.2) is 4.79 Å². The average molecular weight is 293 g/mol. The van der Waals surface area contributed by atoms with Crippen molar-refractivity contribution in [2.75, 3.05) is 0 Å². The third-order valence-electron chi connectivity index (χ3n) is 3.49. The molecule has 1 amide bonds. The number of amides is 1. The van der Waals surface area contributed by atoms with Crippen LogP contribution in [0.3, 0.4) is 0 Å². The molecule has 0 fully saturated rings. The first-order valence-corrected chi connectivity index (χ1v) is 7.14. The highest BCUT2D eigenvalue weighted by molar-refractivity contribution is 5.86. The number of hydrogen-bond acceptors (Lipinski definition) is 3. The van der Waals surface area contributed by atoms with Gasteiger partial charge >= 0.3 is 5.97 Å². The molecule has 1 aromatic carbocycles. The van der Waals surface area contributed by atoms with Crippen molar-refractivity contribution in [3.8, 4) is 0 Å². The Labute approximate surface area is 125 Å². The highest BCUT2D eigenvalue weighted by atomic mass is 16.5. The molecule has 0 saturated heterocycles. The number of carbonyl (C=O) groups is 2. The van der Waals surface area contributed by atoms with Crippen molar-refractivity contribution >= 4 is 11.9 Å². The van der Waals surface area contributed by atoms with E-state index in [2.05, 4.69) is 5.32 Å². The van der Waals surface area contributed by atoms with E-state index in [4.69, 9.17) is 9.84 Å². The summed E-state index contributed by atoms with van der Waals surface area (Å²) in [7, 11) is 0. The van der Waals surface area contributed by atoms with Crippen molar-refractivity contribution in [3.05, 3.63) is 35.9 Å². The highest BCUT2D eigenvalue weighted by Crippen LogP contribution is 2.09. The minimum absolute atomic E-state index is 0.132. The molecule has 1 aromatic rings. The molecule has 0 bridgehead atoms. The lowest BCUT2D eigenvalue weighted by molar-refractivity contribution is -0.145. The molecule has 0 spiro atoms. The molecular weight excluding hydrogens is 270 g/mol. The van der Waals surface area contributed by atoms with E-state index in [0.29, 0.717) is 13.0 Å². The smallest absolute Gasteiger partial charge is 0.326 e. The Morgan fingerprint density at radius 2 is 1.86 bits per heavy atom. The number of nitrogens with one attached hydrogen (secondary N) is 1. The number of carboxylic acid groups (broad SMARTS) is 1. The minimum Gasteiger partial charge on any atom is -0.480 e. The maximum Gasteiger partial charge on any atom is 0.326 e. The molecular formula is C16H23NO4. The number of rotatable bonds is 8. The zero-order valence-electron chi connectivity index (χ0n) is 12.7. The largest absolute Gasteiger partial charge is 0.480 e. The van der Waals surface area contributed by atoms with Crippen LogP contribution in [0.4, 0.5) is 0 Å². The average Bonchev–Trinajstić information content (AvgIpc) is 2.49. The standard InChI is InChI=1S/C16H23NO4/c1-4-11(2)14(16(19)20)17-15(18)12(3)21-10-13-8-6-5-7-9-13/h5-9,11-12,14H,4,10H2,1-3H3,(H,17,18)(H,19,20). The summed E-state index contributed by atoms with van der Waals surface area (Å²) in [5.41, 5.74) is 0.967. The number of ether oxygens (including phenoxy) is 1. The number of carboxylic acids is 1. The summed E-state index contributed by atoms with van der Waals surface area (Å²) in [6.07, 6.45) is -0.0210. The van der Waals surface area contributed by atoms with Crippen molar-refractivity contribution in [3.63, 3.8) is 0 Å². The summed E-state index contributed by atoms with van der Waals surface area (Å²) in [6.45, 7) is 5.63. The molecule has 2 N–H and O–H groups in total. The summed E-state index contributed by atoms with van der Waals surface area (Å²) in [5.74, 6) is -1.56. The van der Waals surface area contributed by atoms with E-state index in [0.717, 1.165) is 5.56 Å². The van der Waals surface area contributed by atoms with Gasteiger partial charge in [0.1, 0.15) is 12.1 Å². The van der Waals surface area contributed by atoms with Crippen LogP contribution in [-0.4, -0.2) is 29.1 Å². The molecule has 5 nitrogen and oxygen atoms in total. The quantitative estimate of drug-likeness (QED) is 0.770. The molecule has 0 aromatic heterocycles. The number of carbonyl (C=O) groups excluding carboxylic acids is 1. The van der Waals surface area contributed by atoms with Gasteiger partial charge in [0.15, 0.2) is 0 Å². The summed E-state index contributed by atoms with van der Waals surface area (Å²) in [4.78, 5) is 23.2. The molecule has 21 heavy (non-hydrogen) atoms. The Hall–Kier alpha value is -1.88. The highest BCUT2D eigenvalue weighted by Gasteiger charge is 2.27. The minimum atomic E-state index is -1.02. The monoisotopic (exact) mass is 293 g/mol. The predicted molar refractivity (Wildman–Crippen MR) is 79.7 cm³/mol. The maximum atomic E-state index is 12.0. The number of benzene rings is 1. The van der Waals surface area contributed by atoms with Crippen LogP contribution in [0, 0.1) is 5.92 Å². The van der Waals surface area contributed by atoms with Gasteiger partial charge in [-0.1, -0.05) is 50.6 Å². The lowest BCUT2D eigenvalue weighted by Crippen LogP contribution is -2.48. The van der Waals surface area contributed by atoms with Gasteiger partial charge in [0.05, 0.1) is 6.61 Å². The van der Waals surface area contributed by atoms with E-state index >= 15 is 0 Å². The second kappa shape index (κ2) is 8.42. The Bertz CT molecular complexity index is 461. The lowest BCUT2D eigenvalue weighted by atomic mass is 9.99. The molecule has 0 heterocycles. The number of aliphatic carboxylic acids is 1. The fraction of sp³-hybridized carbons (Fsp3) is 0.500. The van der Waals surface area contributed by atoms with Crippen LogP contribution in [0.1, 0.15) is 32.8 Å². The van der Waals surface area contributed by atoms with E-state index < -0.39 is 24.0 Å². The van der Waals surface area contributed by atoms with Gasteiger partial charge in [0, 0.05) is 0 Å². The van der Waals surface area contributed by atoms with E-state index in [1.165, 1.54) is 0 Å². The summed E-state index contributed by atoms with van der Waals surface area (Å²) in [5, 5.41) is 11.7. The summed E-state index contributed by atoms with van der Waals surface area (Å²) in [6, 6.07) is 8.63. The zero-order valence-corrected chi connectivity index (χ0v) is 12.7. The second-order valence-corrected chi connectivity index (χ2v) is 5.15. The molecule has 3 atom stereocenters. The molecule has 1 rings (SSSR count). The van der Waals surface area contributed by atoms with Crippen molar-refractivity contribution < 1.29 is 19.4 Å². The van der Waals surface area contributed by atoms with Gasteiger partial charge in [-0.2, -0.15) is 0 Å². The molecule has 0 aliphatic heterocycles. The van der Waals surface area contributed by atoms with Gasteiger partial charge in [0.2, 0.25) is 5.91 Å². The lowest BCUT2D eigenvalue weighted by Gasteiger charge is -2.22. The van der Waals surface area contributed by atoms with Crippen molar-refractivity contribution in [1.29, 1.82) is 0 Å². The summed E-state index contributed by atoms with van der Waals surface area (Å²) < 4.78 is 5.48. The van der Waals surface area contributed by atoms with Crippen LogP contribution in [0.25, 0.3) is 0 Å². The molecule has 116 valence electrons. The van der Waals surface area contributed by atoms with E-state index in [-0.39, 0.29) is 5.92 Å². The van der Waals surface area contributed by atoms with Crippen molar-refractivity contribution in [1.82, 2.24) is 5.32 Å². The van der Waals surface area contributed by atoms with Crippen LogP contribution in [0.15, 0.2) is 30.3 Å². The van der Waals surface area contributed by atoms with Gasteiger partial charge in [-0.05, 0) is 18.4 Å². The second-order valence-electron chi connectivity index (χ2n) is 5.15. The van der Waals surface area contributed by atoms with Gasteiger partial charge in [0.25, 0.3) is 0 Å². The topological polar surface area (TPSA) is 75.6 Å². The Morgan fingerprint density at radius 1 is 1.24 bits per heavy atom. The van der Waals surface area contributed by atoms with Crippen LogP contribution < -0.4 is 5.32 Å². The Kier molecular flexibility index (Phi) is 6.88. The fourth-order valence-corrected chi connectivity index (χ4v) is 1.82. The SMILES string of the molecule is CCC(C)C(NC(=O)C(C)OCc1ccccc1)C(=O)O. The maximum absolute atomic E-state index is 12.0. The Morgan fingerprint density at radius 3 is 2.38 bits per heavy atom. The van der Waals surface area contributed by atoms with E-state index in [1.54, 1.807) is 13.8 Å². The van der Waals surface area contributed by atoms with Gasteiger partial charge in [-0.3, -0.25) is 4.79 Å². The molecule has 5 heteroatoms. The van der Waals surface area contributed by atoms with Crippen molar-refractivity contribution in [2.45, 2.75) is 45.9 Å². The summed E-state index contributed by atoms with van der Waals surface area (Å²) >= 11 is 0. The van der Waals surface area contributed by atoms with Gasteiger partial charge < -0.3 is 15.2 Å². The first kappa shape index (κ1) is 17.2. The van der Waals surface area contributed by atoms with Crippen LogP contribution >= 0.6 is 0 Å². The molecule has 0 aliphatic carbocycles. The first-order chi connectivity index (χ1) is 9.95. The van der Waals surface area contributed by atoms with Crippen molar-refractivity contribution in [2.24, 2.45) is 5.92 Å². The zero-order chi connectivity index (χ0) is 15.8. The third kappa shape index (κ3) is 5.55. The molecule has 0 saturated carbocycles. The molecule has 3 unspecified atom stereocenters.